The highest BCUT2D eigenvalue weighted by Crippen LogP contribution is 2.29. The maximum absolute atomic E-state index is 13.0. The molecule has 1 aliphatic rings. The molecular weight excluding hydrogens is 378 g/mol. The highest BCUT2D eigenvalue weighted by atomic mass is 32.2. The summed E-state index contributed by atoms with van der Waals surface area (Å²) >= 11 is 3.18. The molecule has 0 saturated carbocycles. The molecule has 1 saturated heterocycles. The van der Waals surface area contributed by atoms with Crippen molar-refractivity contribution in [1.82, 2.24) is 24.7 Å². The number of hydrogen-bond donors (Lipinski definition) is 0. The maximum atomic E-state index is 13.0. The molecule has 3 aromatic rings. The summed E-state index contributed by atoms with van der Waals surface area (Å²) in [5, 5.41) is 16.0. The highest BCUT2D eigenvalue weighted by Gasteiger charge is 2.26. The van der Waals surface area contributed by atoms with Gasteiger partial charge in [0.2, 0.25) is 5.91 Å². The SMILES string of the molecule is CCC[C@@H](Sc1ccc2nnc(-c3cccs3)n2n1)C(=O)N1CCCCC1. The Bertz CT molecular complexity index is 902. The summed E-state index contributed by atoms with van der Waals surface area (Å²) in [6.07, 6.45) is 5.30. The molecule has 1 amide bonds. The average Bonchev–Trinajstić information content (AvgIpc) is 3.37. The largest absolute Gasteiger partial charge is 0.342 e. The van der Waals surface area contributed by atoms with Gasteiger partial charge in [0.05, 0.1) is 10.1 Å². The van der Waals surface area contributed by atoms with Crippen molar-refractivity contribution < 1.29 is 4.79 Å². The van der Waals surface area contributed by atoms with Crippen LogP contribution in [0.4, 0.5) is 0 Å². The zero-order chi connectivity index (χ0) is 18.6. The summed E-state index contributed by atoms with van der Waals surface area (Å²) in [5.74, 6) is 1.00. The van der Waals surface area contributed by atoms with Crippen LogP contribution in [-0.4, -0.2) is 49.0 Å². The summed E-state index contributed by atoms with van der Waals surface area (Å²) in [7, 11) is 0. The van der Waals surface area contributed by atoms with Crippen LogP contribution < -0.4 is 0 Å². The molecule has 0 unspecified atom stereocenters. The fourth-order valence-corrected chi connectivity index (χ4v) is 5.22. The van der Waals surface area contributed by atoms with Crippen LogP contribution in [0.1, 0.15) is 39.0 Å². The lowest BCUT2D eigenvalue weighted by Crippen LogP contribution is -2.41. The molecule has 6 nitrogen and oxygen atoms in total. The van der Waals surface area contributed by atoms with E-state index in [1.54, 1.807) is 27.6 Å². The number of piperidine rings is 1. The molecule has 3 aromatic heterocycles. The third kappa shape index (κ3) is 4.01. The fourth-order valence-electron chi connectivity index (χ4n) is 3.35. The molecule has 1 fully saturated rings. The molecule has 8 heteroatoms. The number of aromatic nitrogens is 4. The van der Waals surface area contributed by atoms with E-state index in [1.165, 1.54) is 6.42 Å². The van der Waals surface area contributed by atoms with Gasteiger partial charge in [0, 0.05) is 13.1 Å². The molecule has 1 aliphatic heterocycles. The van der Waals surface area contributed by atoms with E-state index in [2.05, 4.69) is 17.1 Å². The van der Waals surface area contributed by atoms with Gasteiger partial charge >= 0.3 is 0 Å². The Balaban J connectivity index is 1.58. The molecule has 142 valence electrons. The number of fused-ring (bicyclic) bond motifs is 1. The van der Waals surface area contributed by atoms with E-state index >= 15 is 0 Å². The van der Waals surface area contributed by atoms with E-state index in [9.17, 15) is 4.79 Å². The van der Waals surface area contributed by atoms with Crippen LogP contribution in [0, 0.1) is 0 Å². The van der Waals surface area contributed by atoms with E-state index < -0.39 is 0 Å². The number of thioether (sulfide) groups is 1. The van der Waals surface area contributed by atoms with Gasteiger partial charge in [-0.1, -0.05) is 31.2 Å². The number of likely N-dealkylation sites (tertiary alicyclic amines) is 1. The quantitative estimate of drug-likeness (QED) is 0.581. The van der Waals surface area contributed by atoms with E-state index in [0.717, 1.165) is 60.1 Å². The minimum absolute atomic E-state index is 0.0836. The smallest absolute Gasteiger partial charge is 0.236 e. The van der Waals surface area contributed by atoms with E-state index in [1.807, 2.05) is 34.5 Å². The normalized spacial score (nSPS) is 16.0. The first kappa shape index (κ1) is 18.4. The first-order chi connectivity index (χ1) is 13.3. The van der Waals surface area contributed by atoms with Crippen molar-refractivity contribution in [3.63, 3.8) is 0 Å². The Hall–Kier alpha value is -1.93. The van der Waals surface area contributed by atoms with Crippen LogP contribution in [-0.2, 0) is 4.79 Å². The van der Waals surface area contributed by atoms with Gasteiger partial charge in [0.1, 0.15) is 5.03 Å². The van der Waals surface area contributed by atoms with Gasteiger partial charge in [-0.3, -0.25) is 4.79 Å². The number of thiophene rings is 1. The van der Waals surface area contributed by atoms with Gasteiger partial charge in [0.15, 0.2) is 11.5 Å². The van der Waals surface area contributed by atoms with Crippen LogP contribution in [0.3, 0.4) is 0 Å². The van der Waals surface area contributed by atoms with Crippen LogP contribution in [0.15, 0.2) is 34.7 Å². The molecule has 27 heavy (non-hydrogen) atoms. The Morgan fingerprint density at radius 2 is 2.07 bits per heavy atom. The Kier molecular flexibility index (Phi) is 5.73. The highest BCUT2D eigenvalue weighted by molar-refractivity contribution is 8.00. The van der Waals surface area contributed by atoms with Crippen molar-refractivity contribution in [1.29, 1.82) is 0 Å². The number of nitrogens with zero attached hydrogens (tertiary/aromatic N) is 5. The van der Waals surface area contributed by atoms with Crippen molar-refractivity contribution >= 4 is 34.7 Å². The van der Waals surface area contributed by atoms with Crippen LogP contribution in [0.2, 0.25) is 0 Å². The standard InChI is InChI=1S/C19H23N5OS2/c1-2-7-15(19(25)23-11-4-3-5-12-23)27-17-10-9-16-20-21-18(24(16)22-17)14-8-6-13-26-14/h6,8-10,13,15H,2-5,7,11-12H2,1H3/t15-/m1/s1. The van der Waals surface area contributed by atoms with Crippen molar-refractivity contribution in [3.05, 3.63) is 29.6 Å². The molecule has 1 atom stereocenters. The first-order valence-electron chi connectivity index (χ1n) is 9.48. The summed E-state index contributed by atoms with van der Waals surface area (Å²) in [6.45, 7) is 3.91. The molecule has 0 aromatic carbocycles. The van der Waals surface area contributed by atoms with Gasteiger partial charge in [-0.25, -0.2) is 0 Å². The Labute approximate surface area is 167 Å². The van der Waals surface area contributed by atoms with Crippen molar-refractivity contribution in [2.24, 2.45) is 0 Å². The van der Waals surface area contributed by atoms with E-state index in [0.29, 0.717) is 0 Å². The Morgan fingerprint density at radius 3 is 2.81 bits per heavy atom. The molecule has 0 aliphatic carbocycles. The topological polar surface area (TPSA) is 63.4 Å². The maximum Gasteiger partial charge on any atom is 0.236 e. The second-order valence-corrected chi connectivity index (χ2v) is 8.89. The minimum Gasteiger partial charge on any atom is -0.342 e. The zero-order valence-electron chi connectivity index (χ0n) is 15.4. The number of rotatable bonds is 6. The minimum atomic E-state index is -0.0836. The van der Waals surface area contributed by atoms with Crippen LogP contribution >= 0.6 is 23.1 Å². The predicted octanol–water partition coefficient (Wildman–Crippen LogP) is 4.13. The average molecular weight is 402 g/mol. The second-order valence-electron chi connectivity index (χ2n) is 6.72. The molecule has 0 spiro atoms. The zero-order valence-corrected chi connectivity index (χ0v) is 17.0. The predicted molar refractivity (Wildman–Crippen MR) is 109 cm³/mol. The van der Waals surface area contributed by atoms with Gasteiger partial charge in [-0.15, -0.1) is 21.5 Å². The van der Waals surface area contributed by atoms with E-state index in [4.69, 9.17) is 5.10 Å². The monoisotopic (exact) mass is 401 g/mol. The van der Waals surface area contributed by atoms with Crippen molar-refractivity contribution in [3.8, 4) is 10.7 Å². The Morgan fingerprint density at radius 1 is 1.22 bits per heavy atom. The number of carbonyl (C=O) groups excluding carboxylic acids is 1. The lowest BCUT2D eigenvalue weighted by molar-refractivity contribution is -0.131. The van der Waals surface area contributed by atoms with Gasteiger partial charge in [0.25, 0.3) is 0 Å². The molecular formula is C19H23N5OS2. The van der Waals surface area contributed by atoms with E-state index in [-0.39, 0.29) is 11.2 Å². The molecule has 0 N–H and O–H groups in total. The fraction of sp³-hybridized carbons (Fsp3) is 0.474. The van der Waals surface area contributed by atoms with Crippen molar-refractivity contribution in [2.75, 3.05) is 13.1 Å². The molecule has 0 radical (unpaired) electrons. The third-order valence-corrected chi connectivity index (χ3v) is 6.78. The summed E-state index contributed by atoms with van der Waals surface area (Å²) < 4.78 is 1.78. The third-order valence-electron chi connectivity index (χ3n) is 4.74. The lowest BCUT2D eigenvalue weighted by Gasteiger charge is -2.30. The van der Waals surface area contributed by atoms with Crippen LogP contribution in [0.5, 0.6) is 0 Å². The lowest BCUT2D eigenvalue weighted by atomic mass is 10.1. The van der Waals surface area contributed by atoms with Crippen LogP contribution in [0.25, 0.3) is 16.3 Å². The number of hydrogen-bond acceptors (Lipinski definition) is 6. The molecule has 4 rings (SSSR count). The van der Waals surface area contributed by atoms with Gasteiger partial charge in [-0.05, 0) is 49.3 Å². The van der Waals surface area contributed by atoms with Crippen molar-refractivity contribution in [2.45, 2.75) is 49.3 Å². The molecule has 0 bridgehead atoms. The summed E-state index contributed by atoms with van der Waals surface area (Å²) in [5.41, 5.74) is 0.720. The first-order valence-corrected chi connectivity index (χ1v) is 11.2. The summed E-state index contributed by atoms with van der Waals surface area (Å²) in [6, 6.07) is 7.88. The van der Waals surface area contributed by atoms with Gasteiger partial charge in [-0.2, -0.15) is 9.61 Å². The summed E-state index contributed by atoms with van der Waals surface area (Å²) in [4.78, 5) is 16.1. The molecule has 4 heterocycles. The number of carbonyl (C=O) groups is 1. The second kappa shape index (κ2) is 8.39. The number of amides is 1. The van der Waals surface area contributed by atoms with Gasteiger partial charge < -0.3 is 4.90 Å².